The number of aromatic nitrogens is 1. The Morgan fingerprint density at radius 3 is 2.40 bits per heavy atom. The van der Waals surface area contributed by atoms with Crippen molar-refractivity contribution in [2.75, 3.05) is 37.6 Å². The molecule has 226 valence electrons. The number of carbonyl (C=O) groups is 2. The fraction of sp³-hybridized carbons (Fsp3) is 0.581. The van der Waals surface area contributed by atoms with Crippen molar-refractivity contribution in [1.29, 1.82) is 0 Å². The summed E-state index contributed by atoms with van der Waals surface area (Å²) in [7, 11) is 0. The van der Waals surface area contributed by atoms with Crippen LogP contribution in [0, 0.1) is 0 Å². The van der Waals surface area contributed by atoms with Gasteiger partial charge in [-0.25, -0.2) is 0 Å². The van der Waals surface area contributed by atoms with Crippen LogP contribution >= 0.6 is 0 Å². The standard InChI is InChI=1S/C31H38F3N5O3/c32-31(33,34)22-5-3-4-21(18-22)29(41)36-20-28(40)39-17-11-25-26(39)10-16-38(25)23-8-12-30(42,13-9-23)27-7-6-24(19-35-27)37-14-1-2-15-37/h3-7,18-19,23,25-26,42H,1-2,8-17,20H2,(H,36,41). The van der Waals surface area contributed by atoms with E-state index in [0.717, 1.165) is 68.8 Å². The average Bonchev–Trinajstić information content (AvgIpc) is 3.75. The molecule has 0 radical (unpaired) electrons. The molecule has 4 heterocycles. The molecule has 2 N–H and O–H groups in total. The van der Waals surface area contributed by atoms with Crippen molar-refractivity contribution in [1.82, 2.24) is 20.1 Å². The van der Waals surface area contributed by atoms with Gasteiger partial charge in [-0.2, -0.15) is 13.2 Å². The van der Waals surface area contributed by atoms with E-state index in [-0.39, 0.29) is 30.1 Å². The zero-order chi connectivity index (χ0) is 29.5. The Labute approximate surface area is 243 Å². The number of pyridine rings is 1. The van der Waals surface area contributed by atoms with Crippen molar-refractivity contribution in [2.24, 2.45) is 0 Å². The van der Waals surface area contributed by atoms with Crippen molar-refractivity contribution in [3.8, 4) is 0 Å². The van der Waals surface area contributed by atoms with E-state index in [0.29, 0.717) is 25.4 Å². The van der Waals surface area contributed by atoms with Crippen LogP contribution in [0.3, 0.4) is 0 Å². The Kier molecular flexibility index (Phi) is 7.91. The lowest BCUT2D eigenvalue weighted by Crippen LogP contribution is -2.47. The van der Waals surface area contributed by atoms with Crippen LogP contribution in [-0.4, -0.2) is 82.6 Å². The summed E-state index contributed by atoms with van der Waals surface area (Å²) < 4.78 is 39.0. The van der Waals surface area contributed by atoms with Gasteiger partial charge in [-0.15, -0.1) is 0 Å². The zero-order valence-corrected chi connectivity index (χ0v) is 23.7. The highest BCUT2D eigenvalue weighted by Gasteiger charge is 2.48. The number of alkyl halides is 3. The second-order valence-electron chi connectivity index (χ2n) is 12.2. The van der Waals surface area contributed by atoms with E-state index in [2.05, 4.69) is 26.2 Å². The number of aliphatic hydroxyl groups is 1. The van der Waals surface area contributed by atoms with E-state index in [1.54, 1.807) is 0 Å². The zero-order valence-electron chi connectivity index (χ0n) is 23.7. The van der Waals surface area contributed by atoms with Crippen LogP contribution in [-0.2, 0) is 16.6 Å². The fourth-order valence-electron chi connectivity index (χ4n) is 7.47. The van der Waals surface area contributed by atoms with Crippen molar-refractivity contribution < 1.29 is 27.9 Å². The molecule has 1 aromatic carbocycles. The van der Waals surface area contributed by atoms with E-state index in [9.17, 15) is 27.9 Å². The van der Waals surface area contributed by atoms with Gasteiger partial charge < -0.3 is 20.2 Å². The number of halogens is 3. The molecule has 1 saturated carbocycles. The molecule has 2 amide bonds. The van der Waals surface area contributed by atoms with Crippen LogP contribution in [0.15, 0.2) is 42.6 Å². The molecular formula is C31H38F3N5O3. The molecule has 2 aromatic rings. The number of fused-ring (bicyclic) bond motifs is 1. The number of amides is 2. The van der Waals surface area contributed by atoms with Crippen LogP contribution < -0.4 is 10.2 Å². The number of benzene rings is 1. The van der Waals surface area contributed by atoms with Crippen molar-refractivity contribution in [2.45, 2.75) is 81.3 Å². The molecule has 4 aliphatic rings. The Morgan fingerprint density at radius 2 is 1.71 bits per heavy atom. The van der Waals surface area contributed by atoms with Crippen LogP contribution in [0.2, 0.25) is 0 Å². The van der Waals surface area contributed by atoms with Gasteiger partial charge in [0.1, 0.15) is 5.60 Å². The first-order valence-electron chi connectivity index (χ1n) is 15.1. The molecule has 2 unspecified atom stereocenters. The van der Waals surface area contributed by atoms with Crippen LogP contribution in [0.1, 0.15) is 73.0 Å². The molecule has 0 bridgehead atoms. The SMILES string of the molecule is O=C(NCC(=O)N1CCC2C1CCN2C1CCC(O)(c2ccc(N3CCCC3)cn2)CC1)c1cccc(C(F)(F)F)c1. The average molecular weight is 586 g/mol. The largest absolute Gasteiger partial charge is 0.416 e. The number of anilines is 1. The molecule has 1 aliphatic carbocycles. The van der Waals surface area contributed by atoms with Crippen LogP contribution in [0.5, 0.6) is 0 Å². The first-order chi connectivity index (χ1) is 20.1. The summed E-state index contributed by atoms with van der Waals surface area (Å²) in [4.78, 5) is 36.8. The van der Waals surface area contributed by atoms with Gasteiger partial charge in [0, 0.05) is 49.9 Å². The van der Waals surface area contributed by atoms with E-state index in [1.807, 2.05) is 17.2 Å². The fourth-order valence-corrected chi connectivity index (χ4v) is 7.47. The minimum absolute atomic E-state index is 0.0589. The first-order valence-corrected chi connectivity index (χ1v) is 15.1. The minimum Gasteiger partial charge on any atom is -0.384 e. The highest BCUT2D eigenvalue weighted by molar-refractivity contribution is 5.96. The summed E-state index contributed by atoms with van der Waals surface area (Å²) in [6.07, 6.45) is 4.45. The molecule has 2 atom stereocenters. The van der Waals surface area contributed by atoms with Crippen molar-refractivity contribution in [3.63, 3.8) is 0 Å². The highest BCUT2D eigenvalue weighted by Crippen LogP contribution is 2.42. The lowest BCUT2D eigenvalue weighted by molar-refractivity contribution is -0.137. The third kappa shape index (κ3) is 5.73. The maximum Gasteiger partial charge on any atom is 0.416 e. The third-order valence-electron chi connectivity index (χ3n) is 9.74. The second-order valence-corrected chi connectivity index (χ2v) is 12.2. The van der Waals surface area contributed by atoms with E-state index in [4.69, 9.17) is 0 Å². The third-order valence-corrected chi connectivity index (χ3v) is 9.74. The first kappa shape index (κ1) is 28.9. The Morgan fingerprint density at radius 1 is 0.976 bits per heavy atom. The number of hydrogen-bond acceptors (Lipinski definition) is 6. The molecule has 3 aliphatic heterocycles. The normalized spacial score (nSPS) is 28.2. The quantitative estimate of drug-likeness (QED) is 0.534. The summed E-state index contributed by atoms with van der Waals surface area (Å²) in [6.45, 7) is 3.33. The number of nitrogens with zero attached hydrogens (tertiary/aromatic N) is 4. The summed E-state index contributed by atoms with van der Waals surface area (Å²) in [6, 6.07) is 8.89. The predicted octanol–water partition coefficient (Wildman–Crippen LogP) is 3.94. The number of rotatable bonds is 6. The summed E-state index contributed by atoms with van der Waals surface area (Å²) in [5.41, 5.74) is -0.0868. The maximum absolute atomic E-state index is 13.1. The Balaban J connectivity index is 1.01. The molecule has 11 heteroatoms. The number of likely N-dealkylation sites (tertiary alicyclic amines) is 2. The predicted molar refractivity (Wildman–Crippen MR) is 151 cm³/mol. The number of carbonyl (C=O) groups excluding carboxylic acids is 2. The number of hydrogen-bond donors (Lipinski definition) is 2. The highest BCUT2D eigenvalue weighted by atomic mass is 19.4. The van der Waals surface area contributed by atoms with Gasteiger partial charge in [0.05, 0.1) is 29.7 Å². The molecular weight excluding hydrogens is 547 g/mol. The maximum atomic E-state index is 13.1. The van der Waals surface area contributed by atoms with Crippen molar-refractivity contribution >= 4 is 17.5 Å². The monoisotopic (exact) mass is 585 g/mol. The lowest BCUT2D eigenvalue weighted by Gasteiger charge is -2.41. The van der Waals surface area contributed by atoms with E-state index in [1.165, 1.54) is 25.0 Å². The Bertz CT molecular complexity index is 1290. The number of nitrogens with one attached hydrogen (secondary N) is 1. The molecule has 0 spiro atoms. The van der Waals surface area contributed by atoms with Gasteiger partial charge in [0.15, 0.2) is 0 Å². The summed E-state index contributed by atoms with van der Waals surface area (Å²) in [5.74, 6) is -0.917. The van der Waals surface area contributed by atoms with Crippen molar-refractivity contribution in [3.05, 3.63) is 59.4 Å². The van der Waals surface area contributed by atoms with Gasteiger partial charge in [0.2, 0.25) is 5.91 Å². The van der Waals surface area contributed by atoms with Crippen LogP contribution in [0.4, 0.5) is 18.9 Å². The molecule has 4 fully saturated rings. The van der Waals surface area contributed by atoms with Gasteiger partial charge >= 0.3 is 6.18 Å². The minimum atomic E-state index is -4.54. The molecule has 8 nitrogen and oxygen atoms in total. The topological polar surface area (TPSA) is 89.0 Å². The molecule has 6 rings (SSSR count). The van der Waals surface area contributed by atoms with Gasteiger partial charge in [-0.1, -0.05) is 6.07 Å². The van der Waals surface area contributed by atoms with Gasteiger partial charge in [-0.3, -0.25) is 19.5 Å². The van der Waals surface area contributed by atoms with Gasteiger partial charge in [-0.05, 0) is 81.7 Å². The molecule has 1 aromatic heterocycles. The summed E-state index contributed by atoms with van der Waals surface area (Å²) >= 11 is 0. The second kappa shape index (κ2) is 11.5. The Hall–Kier alpha value is -3.18. The summed E-state index contributed by atoms with van der Waals surface area (Å²) in [5, 5.41) is 14.0. The molecule has 42 heavy (non-hydrogen) atoms. The van der Waals surface area contributed by atoms with Gasteiger partial charge in [0.25, 0.3) is 5.91 Å². The van der Waals surface area contributed by atoms with Crippen LogP contribution in [0.25, 0.3) is 0 Å². The van der Waals surface area contributed by atoms with E-state index >= 15 is 0 Å². The van der Waals surface area contributed by atoms with E-state index < -0.39 is 23.2 Å². The smallest absolute Gasteiger partial charge is 0.384 e. The lowest BCUT2D eigenvalue weighted by atomic mass is 9.79. The molecule has 3 saturated heterocycles.